The van der Waals surface area contributed by atoms with Crippen LogP contribution in [0.15, 0.2) is 43.0 Å². The second-order valence-corrected chi connectivity index (χ2v) is 4.64. The molecule has 22 heavy (non-hydrogen) atoms. The number of ether oxygens (including phenoxy) is 2. The van der Waals surface area contributed by atoms with Crippen molar-refractivity contribution in [1.29, 1.82) is 0 Å². The summed E-state index contributed by atoms with van der Waals surface area (Å²) in [6.45, 7) is 4.75. The van der Waals surface area contributed by atoms with E-state index >= 15 is 0 Å². The summed E-state index contributed by atoms with van der Waals surface area (Å²) in [5.41, 5.74) is -0.766. The summed E-state index contributed by atoms with van der Waals surface area (Å²) in [5.74, 6) is -0.728. The number of amides is 1. The van der Waals surface area contributed by atoms with Gasteiger partial charge in [0.15, 0.2) is 5.54 Å². The Morgan fingerprint density at radius 2 is 2.00 bits per heavy atom. The van der Waals surface area contributed by atoms with E-state index < -0.39 is 24.2 Å². The van der Waals surface area contributed by atoms with Crippen molar-refractivity contribution in [3.05, 3.63) is 48.6 Å². The molecule has 0 spiro atoms. The minimum absolute atomic E-state index is 0.0305. The molecule has 1 rings (SSSR count). The second kappa shape index (κ2) is 8.84. The van der Waals surface area contributed by atoms with Gasteiger partial charge < -0.3 is 19.9 Å². The molecular formula is C16H21NO5. The first-order valence-corrected chi connectivity index (χ1v) is 6.96. The average molecular weight is 307 g/mol. The zero-order valence-electron chi connectivity index (χ0n) is 12.6. The first-order valence-electron chi connectivity index (χ1n) is 6.96. The normalized spacial score (nSPS) is 12.8. The lowest BCUT2D eigenvalue weighted by Crippen LogP contribution is -2.57. The summed E-state index contributed by atoms with van der Waals surface area (Å²) in [4.78, 5) is 23.9. The Kier molecular flexibility index (Phi) is 7.12. The van der Waals surface area contributed by atoms with Crippen molar-refractivity contribution in [2.45, 2.75) is 25.5 Å². The van der Waals surface area contributed by atoms with E-state index in [1.807, 2.05) is 30.3 Å². The van der Waals surface area contributed by atoms with E-state index in [0.717, 1.165) is 5.56 Å². The highest BCUT2D eigenvalue weighted by Gasteiger charge is 2.40. The Morgan fingerprint density at radius 1 is 1.32 bits per heavy atom. The number of aliphatic hydroxyl groups excluding tert-OH is 1. The Labute approximate surface area is 129 Å². The number of carbonyl (C=O) groups is 2. The van der Waals surface area contributed by atoms with Gasteiger partial charge >= 0.3 is 12.1 Å². The molecule has 1 atom stereocenters. The maximum atomic E-state index is 12.0. The zero-order valence-corrected chi connectivity index (χ0v) is 12.6. The van der Waals surface area contributed by atoms with Gasteiger partial charge in [-0.15, -0.1) is 6.58 Å². The van der Waals surface area contributed by atoms with Crippen LogP contribution in [0.5, 0.6) is 0 Å². The molecule has 1 aromatic carbocycles. The van der Waals surface area contributed by atoms with E-state index in [0.29, 0.717) is 0 Å². The Hall–Kier alpha value is -2.34. The Balaban J connectivity index is 2.69. The second-order valence-electron chi connectivity index (χ2n) is 4.64. The number of aliphatic hydroxyl groups is 1. The third-order valence-electron chi connectivity index (χ3n) is 2.98. The van der Waals surface area contributed by atoms with Crippen molar-refractivity contribution in [2.75, 3.05) is 13.2 Å². The highest BCUT2D eigenvalue weighted by atomic mass is 16.6. The number of benzene rings is 1. The molecule has 0 aromatic heterocycles. The van der Waals surface area contributed by atoms with E-state index in [4.69, 9.17) is 9.47 Å². The predicted octanol–water partition coefficient (Wildman–Crippen LogP) is 1.78. The number of nitrogens with one attached hydrogen (secondary N) is 1. The van der Waals surface area contributed by atoms with Crippen LogP contribution in [0, 0.1) is 0 Å². The molecule has 6 nitrogen and oxygen atoms in total. The lowest BCUT2D eigenvalue weighted by molar-refractivity contribution is -0.152. The minimum atomic E-state index is -1.58. The smallest absolute Gasteiger partial charge is 0.408 e. The highest BCUT2D eigenvalue weighted by Crippen LogP contribution is 2.14. The van der Waals surface area contributed by atoms with Crippen LogP contribution in [0.25, 0.3) is 0 Å². The summed E-state index contributed by atoms with van der Waals surface area (Å²) in [6, 6.07) is 9.12. The number of hydrogen-bond acceptors (Lipinski definition) is 5. The number of hydrogen-bond donors (Lipinski definition) is 2. The van der Waals surface area contributed by atoms with Crippen molar-refractivity contribution < 1.29 is 24.2 Å². The molecule has 0 unspecified atom stereocenters. The molecule has 6 heteroatoms. The summed E-state index contributed by atoms with van der Waals surface area (Å²) in [7, 11) is 0. The van der Waals surface area contributed by atoms with Gasteiger partial charge in [-0.3, -0.25) is 0 Å². The third kappa shape index (κ3) is 4.89. The van der Waals surface area contributed by atoms with Gasteiger partial charge in [0.05, 0.1) is 13.2 Å². The fourth-order valence-corrected chi connectivity index (χ4v) is 1.82. The maximum Gasteiger partial charge on any atom is 0.408 e. The predicted molar refractivity (Wildman–Crippen MR) is 81.0 cm³/mol. The largest absolute Gasteiger partial charge is 0.464 e. The van der Waals surface area contributed by atoms with E-state index in [-0.39, 0.29) is 19.6 Å². The van der Waals surface area contributed by atoms with Crippen molar-refractivity contribution in [3.8, 4) is 0 Å². The van der Waals surface area contributed by atoms with Crippen LogP contribution in [0.3, 0.4) is 0 Å². The third-order valence-corrected chi connectivity index (χ3v) is 2.98. The maximum absolute atomic E-state index is 12.0. The molecule has 0 fully saturated rings. The number of rotatable bonds is 8. The molecule has 1 amide bonds. The monoisotopic (exact) mass is 307 g/mol. The average Bonchev–Trinajstić information content (AvgIpc) is 2.53. The van der Waals surface area contributed by atoms with Gasteiger partial charge in [-0.25, -0.2) is 9.59 Å². The van der Waals surface area contributed by atoms with E-state index in [9.17, 15) is 14.7 Å². The lowest BCUT2D eigenvalue weighted by atomic mass is 9.96. The molecule has 0 heterocycles. The first kappa shape index (κ1) is 17.7. The lowest BCUT2D eigenvalue weighted by Gasteiger charge is -2.28. The molecular weight excluding hydrogens is 286 g/mol. The van der Waals surface area contributed by atoms with Gasteiger partial charge in [-0.1, -0.05) is 36.4 Å². The number of carbonyl (C=O) groups excluding carboxylic acids is 2. The van der Waals surface area contributed by atoms with Crippen LogP contribution in [0.1, 0.15) is 18.9 Å². The van der Waals surface area contributed by atoms with Crippen LogP contribution in [0.2, 0.25) is 0 Å². The summed E-state index contributed by atoms with van der Waals surface area (Å²) in [5, 5.41) is 11.9. The van der Waals surface area contributed by atoms with Crippen molar-refractivity contribution in [2.24, 2.45) is 0 Å². The van der Waals surface area contributed by atoms with Gasteiger partial charge in [0.25, 0.3) is 0 Å². The zero-order chi connectivity index (χ0) is 16.4. The summed E-state index contributed by atoms with van der Waals surface area (Å²) in [6.07, 6.45) is 0.640. The molecule has 2 N–H and O–H groups in total. The van der Waals surface area contributed by atoms with Crippen LogP contribution in [-0.2, 0) is 20.9 Å². The van der Waals surface area contributed by atoms with Gasteiger partial charge in [-0.05, 0) is 12.5 Å². The standard InChI is InChI=1S/C16H21NO5/c1-3-10-16(12-18,14(19)21-4-2)17-15(20)22-11-13-8-6-5-7-9-13/h3,5-9,18H,1,4,10-12H2,2H3,(H,17,20)/t16-/m0/s1. The number of alkyl carbamates (subject to hydrolysis) is 1. The fraction of sp³-hybridized carbons (Fsp3) is 0.375. The van der Waals surface area contributed by atoms with Crippen LogP contribution in [0.4, 0.5) is 4.79 Å². The highest BCUT2D eigenvalue weighted by molar-refractivity contribution is 5.86. The fourth-order valence-electron chi connectivity index (χ4n) is 1.82. The molecule has 120 valence electrons. The Morgan fingerprint density at radius 3 is 2.55 bits per heavy atom. The summed E-state index contributed by atoms with van der Waals surface area (Å²) >= 11 is 0. The Bertz CT molecular complexity index is 503. The molecule has 0 bridgehead atoms. The van der Waals surface area contributed by atoms with Crippen molar-refractivity contribution in [1.82, 2.24) is 5.32 Å². The van der Waals surface area contributed by atoms with Gasteiger partial charge in [0.2, 0.25) is 0 Å². The van der Waals surface area contributed by atoms with Crippen LogP contribution >= 0.6 is 0 Å². The van der Waals surface area contributed by atoms with Crippen LogP contribution in [-0.4, -0.2) is 35.9 Å². The molecule has 0 saturated heterocycles. The SMILES string of the molecule is C=CC[C@@](CO)(NC(=O)OCc1ccccc1)C(=O)OCC. The quantitative estimate of drug-likeness (QED) is 0.565. The van der Waals surface area contributed by atoms with Gasteiger partial charge in [-0.2, -0.15) is 0 Å². The molecule has 0 aliphatic heterocycles. The van der Waals surface area contributed by atoms with Gasteiger partial charge in [0, 0.05) is 6.42 Å². The minimum Gasteiger partial charge on any atom is -0.464 e. The van der Waals surface area contributed by atoms with Crippen molar-refractivity contribution >= 4 is 12.1 Å². The van der Waals surface area contributed by atoms with Gasteiger partial charge in [0.1, 0.15) is 6.61 Å². The molecule has 0 aliphatic rings. The molecule has 0 radical (unpaired) electrons. The van der Waals surface area contributed by atoms with Crippen LogP contribution < -0.4 is 5.32 Å². The van der Waals surface area contributed by atoms with E-state index in [1.54, 1.807) is 6.92 Å². The number of esters is 1. The topological polar surface area (TPSA) is 84.9 Å². The van der Waals surface area contributed by atoms with E-state index in [1.165, 1.54) is 6.08 Å². The summed E-state index contributed by atoms with van der Waals surface area (Å²) < 4.78 is 9.95. The van der Waals surface area contributed by atoms with Crippen molar-refractivity contribution in [3.63, 3.8) is 0 Å². The molecule has 1 aromatic rings. The first-order chi connectivity index (χ1) is 10.6. The molecule has 0 aliphatic carbocycles. The van der Waals surface area contributed by atoms with E-state index in [2.05, 4.69) is 11.9 Å². The molecule has 0 saturated carbocycles.